The highest BCUT2D eigenvalue weighted by Gasteiger charge is 2.46. The van der Waals surface area contributed by atoms with Crippen molar-refractivity contribution in [2.24, 2.45) is 5.92 Å². The van der Waals surface area contributed by atoms with Crippen molar-refractivity contribution in [2.75, 3.05) is 13.2 Å². The molecule has 0 unspecified atom stereocenters. The second kappa shape index (κ2) is 10.4. The first kappa shape index (κ1) is 24.0. The number of cyclic esters (lactones) is 1. The summed E-state index contributed by atoms with van der Waals surface area (Å²) in [6.07, 6.45) is 2.46. The van der Waals surface area contributed by atoms with Crippen molar-refractivity contribution in [2.45, 2.75) is 6.04 Å². The minimum absolute atomic E-state index is 0. The lowest BCUT2D eigenvalue weighted by Crippen LogP contribution is -2.53. The van der Waals surface area contributed by atoms with Gasteiger partial charge >= 0.3 is 12.1 Å². The Kier molecular flexibility index (Phi) is 7.12. The highest BCUT2D eigenvalue weighted by atomic mass is 35.5. The molecule has 3 heterocycles. The molecule has 2 atom stereocenters. The molecule has 1 aromatic heterocycles. The molecule has 178 valence electrons. The van der Waals surface area contributed by atoms with E-state index in [0.717, 1.165) is 5.56 Å². The number of halogens is 1. The largest absolute Gasteiger partial charge is 0.447 e. The van der Waals surface area contributed by atoms with Crippen LogP contribution in [0.15, 0.2) is 90.9 Å². The van der Waals surface area contributed by atoms with E-state index in [4.69, 9.17) is 9.47 Å². The molecule has 8 nitrogen and oxygen atoms in total. The zero-order valence-corrected chi connectivity index (χ0v) is 19.3. The van der Waals surface area contributed by atoms with Crippen LogP contribution in [0.4, 0.5) is 4.79 Å². The maximum atomic E-state index is 13.6. The van der Waals surface area contributed by atoms with E-state index >= 15 is 0 Å². The molecule has 2 aliphatic heterocycles. The molecular weight excluding hydrogens is 470 g/mol. The van der Waals surface area contributed by atoms with Crippen LogP contribution in [0.1, 0.15) is 17.2 Å². The predicted molar refractivity (Wildman–Crippen MR) is 129 cm³/mol. The third-order valence-corrected chi connectivity index (χ3v) is 5.81. The van der Waals surface area contributed by atoms with E-state index in [2.05, 4.69) is 10.3 Å². The van der Waals surface area contributed by atoms with Gasteiger partial charge in [-0.25, -0.2) is 9.59 Å². The van der Waals surface area contributed by atoms with Crippen LogP contribution in [0.25, 0.3) is 5.57 Å². The summed E-state index contributed by atoms with van der Waals surface area (Å²) in [5, 5.41) is 2.71. The average molecular weight is 492 g/mol. The first-order valence-electron chi connectivity index (χ1n) is 10.8. The Labute approximate surface area is 208 Å². The maximum Gasteiger partial charge on any atom is 0.414 e. The van der Waals surface area contributed by atoms with E-state index in [1.54, 1.807) is 42.6 Å². The molecule has 2 aromatic carbocycles. The molecule has 9 heteroatoms. The molecule has 5 rings (SSSR count). The number of pyridine rings is 1. The Balaban J connectivity index is 0.00000289. The molecule has 2 saturated heterocycles. The number of nitrogens with zero attached hydrogens (tertiary/aromatic N) is 2. The van der Waals surface area contributed by atoms with Crippen molar-refractivity contribution in [1.29, 1.82) is 0 Å². The quantitative estimate of drug-likeness (QED) is 0.244. The number of amides is 2. The van der Waals surface area contributed by atoms with Crippen molar-refractivity contribution in [1.82, 2.24) is 15.2 Å². The SMILES string of the molecule is Cl.O=C(Oc1ccccc1)C(=C([C@H]1CNC1=O)N1C(=O)OC[C@@H]1c1ccccc1)c1cccnc1. The number of para-hydroxylation sites is 1. The molecule has 2 amide bonds. The van der Waals surface area contributed by atoms with Crippen molar-refractivity contribution >= 4 is 35.9 Å². The van der Waals surface area contributed by atoms with Gasteiger partial charge in [-0.2, -0.15) is 0 Å². The molecule has 0 saturated carbocycles. The van der Waals surface area contributed by atoms with E-state index in [0.29, 0.717) is 11.3 Å². The van der Waals surface area contributed by atoms with Gasteiger partial charge in [0, 0.05) is 24.5 Å². The molecule has 0 radical (unpaired) electrons. The molecule has 1 N–H and O–H groups in total. The summed E-state index contributed by atoms with van der Waals surface area (Å²) < 4.78 is 11.1. The summed E-state index contributed by atoms with van der Waals surface area (Å²) in [5.74, 6) is -1.36. The zero-order chi connectivity index (χ0) is 23.5. The van der Waals surface area contributed by atoms with E-state index < -0.39 is 24.0 Å². The smallest absolute Gasteiger partial charge is 0.414 e. The molecule has 2 aliphatic rings. The number of rotatable bonds is 6. The summed E-state index contributed by atoms with van der Waals surface area (Å²) in [7, 11) is 0. The summed E-state index contributed by atoms with van der Waals surface area (Å²) in [4.78, 5) is 44.8. The van der Waals surface area contributed by atoms with Crippen LogP contribution in [0.2, 0.25) is 0 Å². The van der Waals surface area contributed by atoms with E-state index in [1.807, 2.05) is 36.4 Å². The van der Waals surface area contributed by atoms with Gasteiger partial charge in [-0.15, -0.1) is 12.4 Å². The lowest BCUT2D eigenvalue weighted by atomic mass is 9.89. The fourth-order valence-electron chi connectivity index (χ4n) is 4.11. The van der Waals surface area contributed by atoms with Gasteiger partial charge in [-0.3, -0.25) is 14.7 Å². The van der Waals surface area contributed by atoms with Crippen LogP contribution in [0.5, 0.6) is 5.75 Å². The van der Waals surface area contributed by atoms with Gasteiger partial charge in [-0.1, -0.05) is 54.6 Å². The van der Waals surface area contributed by atoms with Gasteiger partial charge in [-0.05, 0) is 23.8 Å². The number of ether oxygens (including phenoxy) is 2. The number of β-lactam (4-membered cyclic amide) rings is 1. The fourth-order valence-corrected chi connectivity index (χ4v) is 4.11. The Hall–Kier alpha value is -4.17. The van der Waals surface area contributed by atoms with Crippen LogP contribution in [-0.4, -0.2) is 41.0 Å². The molecule has 0 aliphatic carbocycles. The Bertz CT molecular complexity index is 1250. The third kappa shape index (κ3) is 4.74. The Morgan fingerprint density at radius 1 is 1.00 bits per heavy atom. The van der Waals surface area contributed by atoms with E-state index in [1.165, 1.54) is 11.1 Å². The number of carbonyl (C=O) groups is 3. The number of hydrogen-bond acceptors (Lipinski definition) is 6. The van der Waals surface area contributed by atoms with Crippen molar-refractivity contribution in [3.05, 3.63) is 102 Å². The molecule has 3 aromatic rings. The second-order valence-corrected chi connectivity index (χ2v) is 7.88. The zero-order valence-electron chi connectivity index (χ0n) is 18.5. The van der Waals surface area contributed by atoms with Crippen LogP contribution < -0.4 is 10.1 Å². The van der Waals surface area contributed by atoms with Gasteiger partial charge in [0.05, 0.1) is 23.2 Å². The molecule has 0 bridgehead atoms. The van der Waals surface area contributed by atoms with Gasteiger partial charge in [0.25, 0.3) is 0 Å². The minimum atomic E-state index is -0.726. The summed E-state index contributed by atoms with van der Waals surface area (Å²) in [6, 6.07) is 20.9. The molecule has 35 heavy (non-hydrogen) atoms. The highest BCUT2D eigenvalue weighted by Crippen LogP contribution is 2.39. The van der Waals surface area contributed by atoms with Crippen LogP contribution in [-0.2, 0) is 14.3 Å². The normalized spacial score (nSPS) is 19.5. The monoisotopic (exact) mass is 491 g/mol. The number of aromatic nitrogens is 1. The Morgan fingerprint density at radius 2 is 1.71 bits per heavy atom. The maximum absolute atomic E-state index is 13.6. The van der Waals surface area contributed by atoms with E-state index in [-0.39, 0.29) is 42.7 Å². The second-order valence-electron chi connectivity index (χ2n) is 7.88. The van der Waals surface area contributed by atoms with Crippen molar-refractivity contribution < 1.29 is 23.9 Å². The van der Waals surface area contributed by atoms with Crippen molar-refractivity contribution in [3.8, 4) is 5.75 Å². The minimum Gasteiger partial charge on any atom is -0.447 e. The number of hydrogen-bond donors (Lipinski definition) is 1. The summed E-state index contributed by atoms with van der Waals surface area (Å²) in [6.45, 7) is 0.372. The average Bonchev–Trinajstić information content (AvgIpc) is 3.25. The fraction of sp³-hybridized carbons (Fsp3) is 0.154. The molecular formula is C26H22ClN3O5. The lowest BCUT2D eigenvalue weighted by Gasteiger charge is -2.36. The summed E-state index contributed by atoms with van der Waals surface area (Å²) in [5.41, 5.74) is 1.60. The first-order chi connectivity index (χ1) is 16.6. The topological polar surface area (TPSA) is 97.8 Å². The molecule has 2 fully saturated rings. The van der Waals surface area contributed by atoms with Gasteiger partial charge in [0.15, 0.2) is 0 Å². The first-order valence-corrected chi connectivity index (χ1v) is 10.8. The number of esters is 1. The summed E-state index contributed by atoms with van der Waals surface area (Å²) >= 11 is 0. The standard InChI is InChI=1S/C26H21N3O5.ClH/c30-24-20(15-28-24)23(29-21(16-33-26(29)32)17-8-3-1-4-9-17)22(18-10-7-13-27-14-18)25(31)34-19-11-5-2-6-12-19;/h1-14,20-21H,15-16H2,(H,28,30);1H/t20-,21-;/m1./s1. The number of nitrogens with one attached hydrogen (secondary N) is 1. The Morgan fingerprint density at radius 3 is 2.31 bits per heavy atom. The third-order valence-electron chi connectivity index (χ3n) is 5.81. The van der Waals surface area contributed by atoms with Gasteiger partial charge in [0.1, 0.15) is 12.4 Å². The number of carbonyl (C=O) groups excluding carboxylic acids is 3. The van der Waals surface area contributed by atoms with Crippen LogP contribution >= 0.6 is 12.4 Å². The highest BCUT2D eigenvalue weighted by molar-refractivity contribution is 6.19. The number of benzene rings is 2. The van der Waals surface area contributed by atoms with Gasteiger partial charge in [0.2, 0.25) is 5.91 Å². The van der Waals surface area contributed by atoms with Crippen molar-refractivity contribution in [3.63, 3.8) is 0 Å². The van der Waals surface area contributed by atoms with Gasteiger partial charge < -0.3 is 14.8 Å². The van der Waals surface area contributed by atoms with Crippen LogP contribution in [0.3, 0.4) is 0 Å². The predicted octanol–water partition coefficient (Wildman–Crippen LogP) is 3.76. The van der Waals surface area contributed by atoms with Crippen LogP contribution in [0, 0.1) is 5.92 Å². The lowest BCUT2D eigenvalue weighted by molar-refractivity contribution is -0.130. The van der Waals surface area contributed by atoms with E-state index in [9.17, 15) is 14.4 Å². The molecule has 0 spiro atoms.